The Morgan fingerprint density at radius 1 is 1.42 bits per heavy atom. The number of methoxy groups -OCH3 is 1. The number of nitrogens with two attached hydrogens (primary N) is 1. The molecule has 112 valence electrons. The molecule has 5 heteroatoms. The summed E-state index contributed by atoms with van der Waals surface area (Å²) < 4.78 is 5.02. The summed E-state index contributed by atoms with van der Waals surface area (Å²) in [5.41, 5.74) is 5.70. The van der Waals surface area contributed by atoms with E-state index in [2.05, 4.69) is 10.2 Å². The third-order valence-electron chi connectivity index (χ3n) is 3.96. The summed E-state index contributed by atoms with van der Waals surface area (Å²) in [6.07, 6.45) is 4.29. The summed E-state index contributed by atoms with van der Waals surface area (Å²) in [7, 11) is 3.74. The van der Waals surface area contributed by atoms with Gasteiger partial charge in [0.15, 0.2) is 0 Å². The molecular formula is C14H29N3O2. The average molecular weight is 271 g/mol. The number of amides is 1. The van der Waals surface area contributed by atoms with Crippen molar-refractivity contribution >= 4 is 5.91 Å². The molecule has 0 aliphatic heterocycles. The van der Waals surface area contributed by atoms with Crippen molar-refractivity contribution in [2.45, 2.75) is 25.7 Å². The number of likely N-dealkylation sites (N-methyl/N-ethyl adjacent to an activating group) is 1. The number of hydrogen-bond donors (Lipinski definition) is 2. The minimum absolute atomic E-state index is 0.173. The number of nitrogens with zero attached hydrogens (tertiary/aromatic N) is 1. The number of rotatable bonds is 8. The third kappa shape index (κ3) is 6.36. The molecule has 1 rings (SSSR count). The van der Waals surface area contributed by atoms with Crippen molar-refractivity contribution in [1.29, 1.82) is 0 Å². The summed E-state index contributed by atoms with van der Waals surface area (Å²) >= 11 is 0. The zero-order valence-electron chi connectivity index (χ0n) is 12.4. The van der Waals surface area contributed by atoms with Crippen molar-refractivity contribution in [3.8, 4) is 0 Å². The van der Waals surface area contributed by atoms with Crippen molar-refractivity contribution in [3.05, 3.63) is 0 Å². The molecule has 1 fully saturated rings. The minimum Gasteiger partial charge on any atom is -0.383 e. The van der Waals surface area contributed by atoms with Gasteiger partial charge in [0.05, 0.1) is 6.61 Å². The molecule has 0 spiro atoms. The summed E-state index contributed by atoms with van der Waals surface area (Å²) in [5.74, 6) is 0.916. The van der Waals surface area contributed by atoms with Crippen molar-refractivity contribution < 1.29 is 9.53 Å². The predicted octanol–water partition coefficient (Wildman–Crippen LogP) is 0.446. The summed E-state index contributed by atoms with van der Waals surface area (Å²) in [6.45, 7) is 3.91. The van der Waals surface area contributed by atoms with Crippen molar-refractivity contribution in [2.24, 2.45) is 17.6 Å². The largest absolute Gasteiger partial charge is 0.383 e. The fourth-order valence-electron chi connectivity index (χ4n) is 2.62. The van der Waals surface area contributed by atoms with Gasteiger partial charge in [0.2, 0.25) is 5.91 Å². The lowest BCUT2D eigenvalue weighted by molar-refractivity contribution is -0.126. The van der Waals surface area contributed by atoms with Gasteiger partial charge in [0.25, 0.3) is 0 Å². The van der Waals surface area contributed by atoms with Crippen LogP contribution >= 0.6 is 0 Å². The van der Waals surface area contributed by atoms with Crippen LogP contribution in [-0.2, 0) is 9.53 Å². The monoisotopic (exact) mass is 271 g/mol. The van der Waals surface area contributed by atoms with Crippen LogP contribution in [0, 0.1) is 11.8 Å². The van der Waals surface area contributed by atoms with Gasteiger partial charge in [-0.1, -0.05) is 6.42 Å². The molecule has 0 saturated heterocycles. The fraction of sp³-hybridized carbons (Fsp3) is 0.929. The van der Waals surface area contributed by atoms with Crippen LogP contribution in [0.5, 0.6) is 0 Å². The topological polar surface area (TPSA) is 67.6 Å². The highest BCUT2D eigenvalue weighted by molar-refractivity contribution is 5.78. The molecule has 1 amide bonds. The van der Waals surface area contributed by atoms with Gasteiger partial charge >= 0.3 is 0 Å². The van der Waals surface area contributed by atoms with Gasteiger partial charge < -0.3 is 20.7 Å². The second-order valence-electron chi connectivity index (χ2n) is 5.55. The van der Waals surface area contributed by atoms with Crippen molar-refractivity contribution in [3.63, 3.8) is 0 Å². The second-order valence-corrected chi connectivity index (χ2v) is 5.55. The molecule has 0 aromatic rings. The first kappa shape index (κ1) is 16.4. The molecule has 0 aromatic heterocycles. The Morgan fingerprint density at radius 3 is 2.89 bits per heavy atom. The van der Waals surface area contributed by atoms with Crippen LogP contribution in [0.15, 0.2) is 0 Å². The zero-order chi connectivity index (χ0) is 14.1. The Labute approximate surface area is 116 Å². The fourth-order valence-corrected chi connectivity index (χ4v) is 2.62. The minimum atomic E-state index is 0.173. The molecule has 5 nitrogen and oxygen atoms in total. The first-order valence-electron chi connectivity index (χ1n) is 7.32. The number of nitrogens with one attached hydrogen (secondary N) is 1. The van der Waals surface area contributed by atoms with Gasteiger partial charge in [0.1, 0.15) is 0 Å². The highest BCUT2D eigenvalue weighted by Gasteiger charge is 2.26. The Balaban J connectivity index is 2.16. The van der Waals surface area contributed by atoms with E-state index in [1.807, 2.05) is 7.05 Å². The molecule has 2 atom stereocenters. The van der Waals surface area contributed by atoms with Crippen LogP contribution in [0.4, 0.5) is 0 Å². The van der Waals surface area contributed by atoms with Crippen LogP contribution in [0.1, 0.15) is 25.7 Å². The normalized spacial score (nSPS) is 23.6. The molecule has 3 N–H and O–H groups in total. The van der Waals surface area contributed by atoms with E-state index < -0.39 is 0 Å². The molecule has 0 bridgehead atoms. The van der Waals surface area contributed by atoms with E-state index in [0.717, 1.165) is 39.0 Å². The first-order chi connectivity index (χ1) is 9.17. The Bertz CT molecular complexity index is 261. The Kier molecular flexibility index (Phi) is 8.02. The average Bonchev–Trinajstić information content (AvgIpc) is 2.45. The third-order valence-corrected chi connectivity index (χ3v) is 3.96. The number of carbonyl (C=O) groups is 1. The van der Waals surface area contributed by atoms with Crippen LogP contribution in [0.25, 0.3) is 0 Å². The quantitative estimate of drug-likeness (QED) is 0.672. The number of hydrogen-bond acceptors (Lipinski definition) is 4. The van der Waals surface area contributed by atoms with Crippen LogP contribution in [0.2, 0.25) is 0 Å². The summed E-state index contributed by atoms with van der Waals surface area (Å²) in [5, 5.41) is 3.04. The molecule has 0 radical (unpaired) electrons. The van der Waals surface area contributed by atoms with E-state index >= 15 is 0 Å². The van der Waals surface area contributed by atoms with Crippen LogP contribution in [0.3, 0.4) is 0 Å². The Morgan fingerprint density at radius 2 is 2.21 bits per heavy atom. The van der Waals surface area contributed by atoms with E-state index in [9.17, 15) is 4.79 Å². The SMILES string of the molecule is COCCN(C)CCNC(=O)C1CCCC(CN)C1. The van der Waals surface area contributed by atoms with Crippen molar-refractivity contribution in [1.82, 2.24) is 10.2 Å². The van der Waals surface area contributed by atoms with E-state index in [-0.39, 0.29) is 11.8 Å². The van der Waals surface area contributed by atoms with Gasteiger partial charge in [-0.2, -0.15) is 0 Å². The predicted molar refractivity (Wildman–Crippen MR) is 76.9 cm³/mol. The second kappa shape index (κ2) is 9.28. The summed E-state index contributed by atoms with van der Waals surface area (Å²) in [6, 6.07) is 0. The first-order valence-corrected chi connectivity index (χ1v) is 7.32. The standard InChI is InChI=1S/C14H29N3O2/c1-17(8-9-19-2)7-6-16-14(18)13-5-3-4-12(10-13)11-15/h12-13H,3-11,15H2,1-2H3,(H,16,18). The molecule has 1 aliphatic rings. The van der Waals surface area contributed by atoms with Gasteiger partial charge in [0, 0.05) is 32.7 Å². The van der Waals surface area contributed by atoms with E-state index in [1.165, 1.54) is 6.42 Å². The molecule has 2 unspecified atom stereocenters. The number of carbonyl (C=O) groups excluding carboxylic acids is 1. The van der Waals surface area contributed by atoms with Gasteiger partial charge in [-0.3, -0.25) is 4.79 Å². The number of ether oxygens (including phenoxy) is 1. The lowest BCUT2D eigenvalue weighted by Gasteiger charge is -2.27. The summed E-state index contributed by atoms with van der Waals surface area (Å²) in [4.78, 5) is 14.2. The highest BCUT2D eigenvalue weighted by Crippen LogP contribution is 2.28. The van der Waals surface area contributed by atoms with Gasteiger partial charge in [-0.25, -0.2) is 0 Å². The molecule has 0 aromatic carbocycles. The van der Waals surface area contributed by atoms with Crippen LogP contribution in [-0.4, -0.2) is 57.8 Å². The van der Waals surface area contributed by atoms with E-state index in [1.54, 1.807) is 7.11 Å². The zero-order valence-corrected chi connectivity index (χ0v) is 12.4. The Hall–Kier alpha value is -0.650. The maximum atomic E-state index is 12.1. The van der Waals surface area contributed by atoms with Gasteiger partial charge in [-0.15, -0.1) is 0 Å². The lowest BCUT2D eigenvalue weighted by atomic mass is 9.81. The smallest absolute Gasteiger partial charge is 0.223 e. The molecule has 0 heterocycles. The maximum absolute atomic E-state index is 12.1. The molecule has 1 aliphatic carbocycles. The highest BCUT2D eigenvalue weighted by atomic mass is 16.5. The molecule has 19 heavy (non-hydrogen) atoms. The van der Waals surface area contributed by atoms with E-state index in [0.29, 0.717) is 19.0 Å². The molecular weight excluding hydrogens is 242 g/mol. The maximum Gasteiger partial charge on any atom is 0.223 e. The van der Waals surface area contributed by atoms with Crippen LogP contribution < -0.4 is 11.1 Å². The lowest BCUT2D eigenvalue weighted by Crippen LogP contribution is -2.39. The van der Waals surface area contributed by atoms with Gasteiger partial charge in [-0.05, 0) is 38.8 Å². The molecule has 1 saturated carbocycles. The van der Waals surface area contributed by atoms with E-state index in [4.69, 9.17) is 10.5 Å². The van der Waals surface area contributed by atoms with Crippen molar-refractivity contribution in [2.75, 3.05) is 46.9 Å².